The maximum Gasteiger partial charge on any atom is 0.407 e. The summed E-state index contributed by atoms with van der Waals surface area (Å²) in [5.74, 6) is -1.70. The van der Waals surface area contributed by atoms with E-state index in [0.29, 0.717) is 39.1 Å². The average molecular weight is 500 g/mol. The lowest BCUT2D eigenvalue weighted by Gasteiger charge is -2.25. The molecule has 2 aromatic rings. The minimum Gasteiger partial charge on any atom is -0.444 e. The van der Waals surface area contributed by atoms with E-state index in [9.17, 15) is 18.4 Å². The van der Waals surface area contributed by atoms with Gasteiger partial charge in [0.15, 0.2) is 0 Å². The fourth-order valence-electron chi connectivity index (χ4n) is 5.55. The molecule has 3 heterocycles. The van der Waals surface area contributed by atoms with Gasteiger partial charge in [0.05, 0.1) is 19.3 Å². The second-order valence-electron chi connectivity index (χ2n) is 9.87. The largest absolute Gasteiger partial charge is 0.444 e. The molecule has 0 saturated carbocycles. The first-order chi connectivity index (χ1) is 17.5. The third kappa shape index (κ3) is 5.52. The van der Waals surface area contributed by atoms with E-state index in [1.165, 1.54) is 6.07 Å². The number of carbonyl (C=O) groups excluding carboxylic acids is 2. The number of benzene rings is 2. The Bertz CT molecular complexity index is 1050. The molecule has 2 amide bonds. The van der Waals surface area contributed by atoms with Gasteiger partial charge in [0.25, 0.3) is 5.91 Å². The fraction of sp³-hybridized carbons (Fsp3) is 0.481. The van der Waals surface area contributed by atoms with Crippen molar-refractivity contribution >= 4 is 12.0 Å². The van der Waals surface area contributed by atoms with Gasteiger partial charge >= 0.3 is 6.09 Å². The molecule has 5 rings (SSSR count). The Kier molecular flexibility index (Phi) is 7.48. The lowest BCUT2D eigenvalue weighted by molar-refractivity contribution is 0.0764. The molecule has 3 fully saturated rings. The smallest absolute Gasteiger partial charge is 0.407 e. The number of nitrogens with one attached hydrogen (secondary N) is 1. The topological polar surface area (TPSA) is 71.1 Å². The second kappa shape index (κ2) is 10.9. The van der Waals surface area contributed by atoms with Gasteiger partial charge in [-0.15, -0.1) is 0 Å². The summed E-state index contributed by atoms with van der Waals surface area (Å²) in [4.78, 5) is 29.2. The van der Waals surface area contributed by atoms with Gasteiger partial charge in [0, 0.05) is 39.1 Å². The van der Waals surface area contributed by atoms with E-state index in [2.05, 4.69) is 10.2 Å². The Morgan fingerprint density at radius 1 is 1.00 bits per heavy atom. The molecule has 0 bridgehead atoms. The van der Waals surface area contributed by atoms with Crippen LogP contribution >= 0.6 is 0 Å². The van der Waals surface area contributed by atoms with Crippen molar-refractivity contribution in [2.45, 2.75) is 25.0 Å². The molecule has 4 atom stereocenters. The zero-order chi connectivity index (χ0) is 25.1. The molecule has 2 aromatic carbocycles. The second-order valence-corrected chi connectivity index (χ2v) is 9.87. The van der Waals surface area contributed by atoms with Gasteiger partial charge in [0.1, 0.15) is 23.3 Å². The molecule has 1 N–H and O–H groups in total. The number of hydrogen-bond acceptors (Lipinski definition) is 5. The van der Waals surface area contributed by atoms with Crippen LogP contribution in [0.3, 0.4) is 0 Å². The molecular formula is C27H31F2N3O4. The van der Waals surface area contributed by atoms with Crippen molar-refractivity contribution in [2.24, 2.45) is 11.8 Å². The SMILES string of the molecule is O=C(NC(CCN1CC2CN(C(=O)c3c(F)cccc3F)C[C@@H]2C1)c1ccccc1)OC1CCOC1. The van der Waals surface area contributed by atoms with E-state index in [0.717, 1.165) is 37.3 Å². The first-order valence-electron chi connectivity index (χ1n) is 12.5. The van der Waals surface area contributed by atoms with Crippen LogP contribution in [-0.4, -0.2) is 73.8 Å². The quantitative estimate of drug-likeness (QED) is 0.630. The third-order valence-electron chi connectivity index (χ3n) is 7.42. The minimum absolute atomic E-state index is 0.191. The maximum absolute atomic E-state index is 14.1. The molecule has 0 radical (unpaired) electrons. The van der Waals surface area contributed by atoms with Crippen LogP contribution in [0.2, 0.25) is 0 Å². The van der Waals surface area contributed by atoms with Crippen LogP contribution in [0.4, 0.5) is 13.6 Å². The predicted molar refractivity (Wildman–Crippen MR) is 128 cm³/mol. The molecular weight excluding hydrogens is 468 g/mol. The fourth-order valence-corrected chi connectivity index (χ4v) is 5.55. The van der Waals surface area contributed by atoms with E-state index in [4.69, 9.17) is 9.47 Å². The third-order valence-corrected chi connectivity index (χ3v) is 7.42. The van der Waals surface area contributed by atoms with Crippen molar-refractivity contribution in [3.63, 3.8) is 0 Å². The Morgan fingerprint density at radius 3 is 2.33 bits per heavy atom. The van der Waals surface area contributed by atoms with Gasteiger partial charge in [-0.05, 0) is 36.0 Å². The van der Waals surface area contributed by atoms with E-state index < -0.39 is 29.2 Å². The molecule has 3 saturated heterocycles. The Labute approximate surface area is 209 Å². The molecule has 0 aliphatic carbocycles. The van der Waals surface area contributed by atoms with Gasteiger partial charge in [-0.1, -0.05) is 36.4 Å². The highest BCUT2D eigenvalue weighted by molar-refractivity contribution is 5.95. The standard InChI is InChI=1S/C27H31F2N3O4/c28-22-7-4-8-23(29)25(22)26(33)32-15-19-13-31(14-20(19)16-32)11-9-24(18-5-2-1-3-6-18)30-27(34)36-21-10-12-35-17-21/h1-8,19-21,24H,9-17H2,(H,30,34)/t19-,20?,21?,24?/m0/s1. The minimum atomic E-state index is -0.822. The number of alkyl carbamates (subject to hydrolysis) is 1. The highest BCUT2D eigenvalue weighted by atomic mass is 19.1. The summed E-state index contributed by atoms with van der Waals surface area (Å²) < 4.78 is 39.0. The number of ether oxygens (including phenoxy) is 2. The van der Waals surface area contributed by atoms with E-state index in [-0.39, 0.29) is 24.0 Å². The number of likely N-dealkylation sites (tertiary alicyclic amines) is 2. The number of rotatable bonds is 7. The Balaban J connectivity index is 1.15. The van der Waals surface area contributed by atoms with Crippen molar-refractivity contribution in [1.29, 1.82) is 0 Å². The summed E-state index contributed by atoms with van der Waals surface area (Å²) >= 11 is 0. The Morgan fingerprint density at radius 2 is 1.69 bits per heavy atom. The summed E-state index contributed by atoms with van der Waals surface area (Å²) in [6, 6.07) is 13.1. The number of halogens is 2. The number of hydrogen-bond donors (Lipinski definition) is 1. The summed E-state index contributed by atoms with van der Waals surface area (Å²) in [6.07, 6.45) is 0.779. The Hall–Kier alpha value is -3.04. The predicted octanol–water partition coefficient (Wildman–Crippen LogP) is 3.62. The van der Waals surface area contributed by atoms with Crippen LogP contribution in [0.5, 0.6) is 0 Å². The number of fused-ring (bicyclic) bond motifs is 1. The van der Waals surface area contributed by atoms with Crippen LogP contribution in [-0.2, 0) is 9.47 Å². The number of nitrogens with zero attached hydrogens (tertiary/aromatic N) is 2. The average Bonchev–Trinajstić information content (AvgIpc) is 3.59. The monoisotopic (exact) mass is 499 g/mol. The van der Waals surface area contributed by atoms with Crippen LogP contribution in [0.25, 0.3) is 0 Å². The molecule has 7 nitrogen and oxygen atoms in total. The van der Waals surface area contributed by atoms with Crippen molar-refractivity contribution in [1.82, 2.24) is 15.1 Å². The molecule has 0 aromatic heterocycles. The van der Waals surface area contributed by atoms with Gasteiger partial charge in [0.2, 0.25) is 0 Å². The van der Waals surface area contributed by atoms with Crippen molar-refractivity contribution in [3.8, 4) is 0 Å². The van der Waals surface area contributed by atoms with Crippen LogP contribution in [0.15, 0.2) is 48.5 Å². The van der Waals surface area contributed by atoms with Gasteiger partial charge in [-0.2, -0.15) is 0 Å². The highest BCUT2D eigenvalue weighted by Gasteiger charge is 2.42. The molecule has 192 valence electrons. The zero-order valence-corrected chi connectivity index (χ0v) is 20.1. The molecule has 0 spiro atoms. The van der Waals surface area contributed by atoms with Gasteiger partial charge in [-0.3, -0.25) is 4.79 Å². The summed E-state index contributed by atoms with van der Waals surface area (Å²) in [5, 5.41) is 3.02. The van der Waals surface area contributed by atoms with Crippen molar-refractivity contribution in [3.05, 3.63) is 71.3 Å². The van der Waals surface area contributed by atoms with E-state index >= 15 is 0 Å². The van der Waals surface area contributed by atoms with Crippen molar-refractivity contribution in [2.75, 3.05) is 45.9 Å². The number of amides is 2. The summed E-state index contributed by atoms with van der Waals surface area (Å²) in [6.45, 7) is 4.40. The van der Waals surface area contributed by atoms with Crippen LogP contribution in [0, 0.1) is 23.5 Å². The zero-order valence-electron chi connectivity index (χ0n) is 20.1. The molecule has 36 heavy (non-hydrogen) atoms. The van der Waals surface area contributed by atoms with Crippen LogP contribution < -0.4 is 5.32 Å². The van der Waals surface area contributed by atoms with Gasteiger partial charge in [-0.25, -0.2) is 13.6 Å². The van der Waals surface area contributed by atoms with Crippen molar-refractivity contribution < 1.29 is 27.8 Å². The number of carbonyl (C=O) groups is 2. The molecule has 3 aliphatic heterocycles. The summed E-state index contributed by atoms with van der Waals surface area (Å²) in [7, 11) is 0. The molecule has 9 heteroatoms. The lowest BCUT2D eigenvalue weighted by atomic mass is 10.0. The maximum atomic E-state index is 14.1. The first kappa shape index (κ1) is 24.6. The normalized spacial score (nSPS) is 24.5. The molecule has 3 unspecified atom stereocenters. The van der Waals surface area contributed by atoms with E-state index in [1.54, 1.807) is 4.90 Å². The van der Waals surface area contributed by atoms with Crippen LogP contribution in [0.1, 0.15) is 34.8 Å². The highest BCUT2D eigenvalue weighted by Crippen LogP contribution is 2.33. The first-order valence-corrected chi connectivity index (χ1v) is 12.5. The molecule has 3 aliphatic rings. The lowest BCUT2D eigenvalue weighted by Crippen LogP contribution is -2.36. The summed E-state index contributed by atoms with van der Waals surface area (Å²) in [5.41, 5.74) is 0.544. The van der Waals surface area contributed by atoms with E-state index in [1.807, 2.05) is 30.3 Å². The van der Waals surface area contributed by atoms with Gasteiger partial charge < -0.3 is 24.6 Å².